The minimum Gasteiger partial charge on any atom is -0.369 e. The van der Waals surface area contributed by atoms with E-state index in [9.17, 15) is 4.79 Å². The van der Waals surface area contributed by atoms with Crippen molar-refractivity contribution >= 4 is 5.91 Å². The molecule has 104 valence electrons. The standard InChI is InChI=1S/C16H29NO/c1-2-3-12-4-6-13(7-5-12)14-8-10-15(11-9-14)16(17)18/h12-15H,2-11H2,1H3,(H2,17,18). The Balaban J connectivity index is 1.73. The third-order valence-electron chi connectivity index (χ3n) is 5.43. The average Bonchev–Trinajstić information content (AvgIpc) is 2.40. The molecule has 0 saturated heterocycles. The van der Waals surface area contributed by atoms with E-state index in [2.05, 4.69) is 6.92 Å². The molecular weight excluding hydrogens is 222 g/mol. The van der Waals surface area contributed by atoms with Crippen LogP contribution >= 0.6 is 0 Å². The molecule has 2 rings (SSSR count). The molecule has 0 aromatic carbocycles. The highest BCUT2D eigenvalue weighted by Gasteiger charge is 2.31. The van der Waals surface area contributed by atoms with Gasteiger partial charge in [0, 0.05) is 5.92 Å². The molecule has 0 radical (unpaired) electrons. The van der Waals surface area contributed by atoms with Crippen molar-refractivity contribution in [2.75, 3.05) is 0 Å². The third-order valence-corrected chi connectivity index (χ3v) is 5.43. The summed E-state index contributed by atoms with van der Waals surface area (Å²) in [5, 5.41) is 0. The molecule has 2 heteroatoms. The van der Waals surface area contributed by atoms with E-state index >= 15 is 0 Å². The third kappa shape index (κ3) is 3.49. The number of carbonyl (C=O) groups is 1. The van der Waals surface area contributed by atoms with E-state index in [4.69, 9.17) is 5.73 Å². The van der Waals surface area contributed by atoms with Crippen molar-refractivity contribution in [2.24, 2.45) is 29.4 Å². The summed E-state index contributed by atoms with van der Waals surface area (Å²) < 4.78 is 0. The fourth-order valence-corrected chi connectivity index (χ4v) is 4.23. The molecule has 1 amide bonds. The van der Waals surface area contributed by atoms with E-state index in [1.54, 1.807) is 0 Å². The summed E-state index contributed by atoms with van der Waals surface area (Å²) in [7, 11) is 0. The summed E-state index contributed by atoms with van der Waals surface area (Å²) in [5.74, 6) is 2.96. The fourth-order valence-electron chi connectivity index (χ4n) is 4.23. The first kappa shape index (κ1) is 13.9. The fraction of sp³-hybridized carbons (Fsp3) is 0.938. The molecule has 2 aliphatic carbocycles. The maximum atomic E-state index is 11.2. The van der Waals surface area contributed by atoms with Crippen molar-refractivity contribution < 1.29 is 4.79 Å². The molecule has 0 heterocycles. The van der Waals surface area contributed by atoms with Crippen LogP contribution in [-0.4, -0.2) is 5.91 Å². The van der Waals surface area contributed by atoms with Gasteiger partial charge < -0.3 is 5.73 Å². The van der Waals surface area contributed by atoms with Crippen LogP contribution in [0.15, 0.2) is 0 Å². The Morgan fingerprint density at radius 3 is 1.89 bits per heavy atom. The topological polar surface area (TPSA) is 43.1 Å². The van der Waals surface area contributed by atoms with Crippen molar-refractivity contribution in [3.05, 3.63) is 0 Å². The van der Waals surface area contributed by atoms with E-state index in [1.165, 1.54) is 51.4 Å². The lowest BCUT2D eigenvalue weighted by atomic mass is 9.68. The molecule has 2 aliphatic rings. The summed E-state index contributed by atoms with van der Waals surface area (Å²) >= 11 is 0. The minimum atomic E-state index is -0.0693. The Labute approximate surface area is 112 Å². The number of amides is 1. The highest BCUT2D eigenvalue weighted by Crippen LogP contribution is 2.42. The first-order valence-corrected chi connectivity index (χ1v) is 8.00. The number of nitrogens with two attached hydrogens (primary N) is 1. The SMILES string of the molecule is CCCC1CCC(C2CCC(C(N)=O)CC2)CC1. The van der Waals surface area contributed by atoms with Crippen molar-refractivity contribution in [1.29, 1.82) is 0 Å². The zero-order chi connectivity index (χ0) is 13.0. The molecule has 0 aliphatic heterocycles. The summed E-state index contributed by atoms with van der Waals surface area (Å²) in [6.07, 6.45) is 13.2. The molecule has 0 aromatic rings. The Bertz CT molecular complexity index is 260. The van der Waals surface area contributed by atoms with Gasteiger partial charge in [0.15, 0.2) is 0 Å². The van der Waals surface area contributed by atoms with Gasteiger partial charge in [-0.1, -0.05) is 32.6 Å². The Morgan fingerprint density at radius 1 is 0.944 bits per heavy atom. The van der Waals surface area contributed by atoms with Crippen molar-refractivity contribution in [1.82, 2.24) is 0 Å². The van der Waals surface area contributed by atoms with Gasteiger partial charge in [-0.15, -0.1) is 0 Å². The second-order valence-electron chi connectivity index (χ2n) is 6.58. The predicted molar refractivity (Wildman–Crippen MR) is 75.0 cm³/mol. The van der Waals surface area contributed by atoms with Crippen molar-refractivity contribution in [3.63, 3.8) is 0 Å². The number of hydrogen-bond donors (Lipinski definition) is 1. The predicted octanol–water partition coefficient (Wildman–Crippen LogP) is 3.88. The summed E-state index contributed by atoms with van der Waals surface area (Å²) in [6, 6.07) is 0. The van der Waals surface area contributed by atoms with E-state index in [0.29, 0.717) is 0 Å². The van der Waals surface area contributed by atoms with Gasteiger partial charge in [-0.2, -0.15) is 0 Å². The lowest BCUT2D eigenvalue weighted by molar-refractivity contribution is -0.123. The van der Waals surface area contributed by atoms with Gasteiger partial charge in [-0.05, 0) is 56.3 Å². The van der Waals surface area contributed by atoms with Crippen molar-refractivity contribution in [2.45, 2.75) is 71.1 Å². The van der Waals surface area contributed by atoms with E-state index in [1.807, 2.05) is 0 Å². The van der Waals surface area contributed by atoms with Crippen LogP contribution in [0.3, 0.4) is 0 Å². The minimum absolute atomic E-state index is 0.0693. The lowest BCUT2D eigenvalue weighted by Crippen LogP contribution is -2.31. The van der Waals surface area contributed by atoms with Gasteiger partial charge in [0.05, 0.1) is 0 Å². The van der Waals surface area contributed by atoms with Gasteiger partial charge in [-0.3, -0.25) is 4.79 Å². The number of primary amides is 1. The van der Waals surface area contributed by atoms with Crippen LogP contribution in [0.25, 0.3) is 0 Å². The van der Waals surface area contributed by atoms with Gasteiger partial charge in [0.2, 0.25) is 5.91 Å². The van der Waals surface area contributed by atoms with Gasteiger partial charge >= 0.3 is 0 Å². The van der Waals surface area contributed by atoms with Gasteiger partial charge in [0.1, 0.15) is 0 Å². The summed E-state index contributed by atoms with van der Waals surface area (Å²) in [6.45, 7) is 2.30. The zero-order valence-corrected chi connectivity index (χ0v) is 11.9. The number of hydrogen-bond acceptors (Lipinski definition) is 1. The highest BCUT2D eigenvalue weighted by atomic mass is 16.1. The molecule has 2 N–H and O–H groups in total. The van der Waals surface area contributed by atoms with Crippen LogP contribution in [0.4, 0.5) is 0 Å². The molecule has 0 aromatic heterocycles. The second-order valence-corrected chi connectivity index (χ2v) is 6.58. The molecule has 2 nitrogen and oxygen atoms in total. The molecule has 0 bridgehead atoms. The van der Waals surface area contributed by atoms with Crippen LogP contribution in [0.1, 0.15) is 71.1 Å². The molecule has 0 atom stereocenters. The molecule has 2 fully saturated rings. The summed E-state index contributed by atoms with van der Waals surface area (Å²) in [5.41, 5.74) is 5.40. The second kappa shape index (κ2) is 6.58. The van der Waals surface area contributed by atoms with Crippen LogP contribution in [0.2, 0.25) is 0 Å². The Hall–Kier alpha value is -0.530. The maximum absolute atomic E-state index is 11.2. The summed E-state index contributed by atoms with van der Waals surface area (Å²) in [4.78, 5) is 11.2. The van der Waals surface area contributed by atoms with E-state index in [0.717, 1.165) is 30.6 Å². The van der Waals surface area contributed by atoms with Gasteiger partial charge in [-0.25, -0.2) is 0 Å². The maximum Gasteiger partial charge on any atom is 0.220 e. The van der Waals surface area contributed by atoms with Crippen molar-refractivity contribution in [3.8, 4) is 0 Å². The first-order chi connectivity index (χ1) is 8.70. The first-order valence-electron chi connectivity index (χ1n) is 8.00. The largest absolute Gasteiger partial charge is 0.369 e. The van der Waals surface area contributed by atoms with Gasteiger partial charge in [0.25, 0.3) is 0 Å². The Morgan fingerprint density at radius 2 is 1.44 bits per heavy atom. The van der Waals surface area contributed by atoms with Crippen LogP contribution in [0, 0.1) is 23.7 Å². The zero-order valence-electron chi connectivity index (χ0n) is 11.9. The van der Waals surface area contributed by atoms with Crippen LogP contribution in [-0.2, 0) is 4.79 Å². The molecule has 0 unspecified atom stereocenters. The Kier molecular flexibility index (Phi) is 5.08. The monoisotopic (exact) mass is 251 g/mol. The lowest BCUT2D eigenvalue weighted by Gasteiger charge is -2.37. The number of rotatable bonds is 4. The quantitative estimate of drug-likeness (QED) is 0.809. The molecular formula is C16H29NO. The smallest absolute Gasteiger partial charge is 0.220 e. The normalized spacial score (nSPS) is 37.4. The molecule has 18 heavy (non-hydrogen) atoms. The van der Waals surface area contributed by atoms with Crippen LogP contribution in [0.5, 0.6) is 0 Å². The average molecular weight is 251 g/mol. The highest BCUT2D eigenvalue weighted by molar-refractivity contribution is 5.76. The van der Waals surface area contributed by atoms with Crippen LogP contribution < -0.4 is 5.73 Å². The van der Waals surface area contributed by atoms with E-state index in [-0.39, 0.29) is 11.8 Å². The molecule has 0 spiro atoms. The number of carbonyl (C=O) groups excluding carboxylic acids is 1. The molecule has 2 saturated carbocycles. The van der Waals surface area contributed by atoms with E-state index < -0.39 is 0 Å².